The van der Waals surface area contributed by atoms with Crippen LogP contribution in [0.15, 0.2) is 47.7 Å². The molecule has 1 heterocycles. The summed E-state index contributed by atoms with van der Waals surface area (Å²) in [5, 5.41) is 9.11. The van der Waals surface area contributed by atoms with E-state index in [-0.39, 0.29) is 18.0 Å². The first kappa shape index (κ1) is 19.5. The number of rotatable bonds is 6. The van der Waals surface area contributed by atoms with Crippen molar-refractivity contribution in [1.29, 1.82) is 0 Å². The maximum Gasteiger partial charge on any atom is 0.239 e. The molecule has 1 amide bonds. The lowest BCUT2D eigenvalue weighted by molar-refractivity contribution is -0.121. The molecule has 0 aliphatic heterocycles. The van der Waals surface area contributed by atoms with Crippen molar-refractivity contribution in [3.8, 4) is 0 Å². The molecule has 0 radical (unpaired) electrons. The minimum atomic E-state index is -0.252. The predicted octanol–water partition coefficient (Wildman–Crippen LogP) is 1.51. The average Bonchev–Trinajstić information content (AvgIpc) is 3.01. The van der Waals surface area contributed by atoms with Gasteiger partial charge in [0.1, 0.15) is 5.82 Å². The average molecular weight is 356 g/mol. The van der Waals surface area contributed by atoms with Crippen LogP contribution in [0.5, 0.6) is 0 Å². The predicted molar refractivity (Wildman–Crippen MR) is 104 cm³/mol. The van der Waals surface area contributed by atoms with Crippen LogP contribution >= 0.6 is 0 Å². The minimum absolute atomic E-state index is 0.0778. The Labute approximate surface area is 154 Å². The van der Waals surface area contributed by atoms with Crippen molar-refractivity contribution in [3.05, 3.63) is 54.1 Å². The highest BCUT2D eigenvalue weighted by molar-refractivity contribution is 5.86. The summed E-state index contributed by atoms with van der Waals surface area (Å²) >= 11 is 0. The number of carbonyl (C=O) groups is 1. The molecule has 26 heavy (non-hydrogen) atoms. The Bertz CT molecular complexity index is 730. The Balaban J connectivity index is 1.85. The van der Waals surface area contributed by atoms with Crippen LogP contribution in [0.3, 0.4) is 0 Å². The van der Waals surface area contributed by atoms with Crippen molar-refractivity contribution >= 4 is 11.9 Å². The van der Waals surface area contributed by atoms with E-state index in [2.05, 4.69) is 42.6 Å². The third kappa shape index (κ3) is 6.58. The fourth-order valence-electron chi connectivity index (χ4n) is 2.44. The van der Waals surface area contributed by atoms with Gasteiger partial charge in [-0.15, -0.1) is 0 Å². The molecule has 0 spiro atoms. The van der Waals surface area contributed by atoms with Crippen LogP contribution in [-0.4, -0.2) is 40.5 Å². The van der Waals surface area contributed by atoms with Crippen LogP contribution < -0.4 is 16.0 Å². The van der Waals surface area contributed by atoms with Crippen molar-refractivity contribution in [2.45, 2.75) is 39.4 Å². The zero-order valence-electron chi connectivity index (χ0n) is 15.9. The second-order valence-electron chi connectivity index (χ2n) is 7.03. The summed E-state index contributed by atoms with van der Waals surface area (Å²) in [6.45, 7) is 7.28. The molecular weight excluding hydrogens is 328 g/mol. The number of hydrogen-bond acceptors (Lipinski definition) is 3. The van der Waals surface area contributed by atoms with E-state index >= 15 is 0 Å². The number of guanidine groups is 1. The Morgan fingerprint density at radius 1 is 1.19 bits per heavy atom. The summed E-state index contributed by atoms with van der Waals surface area (Å²) in [7, 11) is 1.67. The summed E-state index contributed by atoms with van der Waals surface area (Å²) in [6, 6.07) is 10.2. The number of imidazole rings is 1. The van der Waals surface area contributed by atoms with Crippen LogP contribution in [0.4, 0.5) is 0 Å². The van der Waals surface area contributed by atoms with Crippen LogP contribution in [-0.2, 0) is 17.9 Å². The van der Waals surface area contributed by atoms with Gasteiger partial charge < -0.3 is 20.5 Å². The highest BCUT2D eigenvalue weighted by Crippen LogP contribution is 2.05. The van der Waals surface area contributed by atoms with Crippen LogP contribution in [0.2, 0.25) is 0 Å². The highest BCUT2D eigenvalue weighted by Gasteiger charge is 2.13. The van der Waals surface area contributed by atoms with Crippen molar-refractivity contribution in [3.63, 3.8) is 0 Å². The van der Waals surface area contributed by atoms with E-state index in [1.165, 1.54) is 5.56 Å². The molecule has 2 aromatic rings. The molecule has 0 saturated carbocycles. The van der Waals surface area contributed by atoms with Gasteiger partial charge in [-0.05, 0) is 26.3 Å². The second-order valence-corrected chi connectivity index (χ2v) is 7.03. The molecule has 7 heteroatoms. The number of benzene rings is 1. The Hall–Kier alpha value is -2.83. The molecule has 0 aliphatic rings. The molecule has 0 atom stereocenters. The molecule has 140 valence electrons. The van der Waals surface area contributed by atoms with Gasteiger partial charge in [0.15, 0.2) is 5.96 Å². The summed E-state index contributed by atoms with van der Waals surface area (Å²) in [4.78, 5) is 20.4. The SMILES string of the molecule is CN=C(NCC(=O)NC(C)(C)C)NCc1nccn1Cc1ccccc1. The number of aliphatic imine (C=N–C) groups is 1. The van der Waals surface area contributed by atoms with Gasteiger partial charge in [-0.2, -0.15) is 0 Å². The van der Waals surface area contributed by atoms with Crippen molar-refractivity contribution < 1.29 is 4.79 Å². The zero-order valence-corrected chi connectivity index (χ0v) is 15.9. The van der Waals surface area contributed by atoms with E-state index < -0.39 is 0 Å². The first-order valence-corrected chi connectivity index (χ1v) is 8.67. The topological polar surface area (TPSA) is 83.3 Å². The van der Waals surface area contributed by atoms with E-state index in [0.717, 1.165) is 12.4 Å². The number of carbonyl (C=O) groups excluding carboxylic acids is 1. The summed E-state index contributed by atoms with van der Waals surface area (Å²) in [5.41, 5.74) is 0.964. The fraction of sp³-hybridized carbons (Fsp3) is 0.421. The van der Waals surface area contributed by atoms with E-state index in [0.29, 0.717) is 12.5 Å². The van der Waals surface area contributed by atoms with E-state index in [4.69, 9.17) is 0 Å². The molecule has 0 fully saturated rings. The lowest BCUT2D eigenvalue weighted by Gasteiger charge is -2.21. The van der Waals surface area contributed by atoms with Crippen LogP contribution in [0.1, 0.15) is 32.2 Å². The third-order valence-electron chi connectivity index (χ3n) is 3.57. The molecule has 7 nitrogen and oxygen atoms in total. The molecular formula is C19H28N6O. The summed E-state index contributed by atoms with van der Waals surface area (Å²) in [5.74, 6) is 1.38. The maximum atomic E-state index is 11.9. The molecule has 2 rings (SSSR count). The zero-order chi connectivity index (χ0) is 19.0. The minimum Gasteiger partial charge on any atom is -0.350 e. The van der Waals surface area contributed by atoms with E-state index in [1.54, 1.807) is 13.2 Å². The summed E-state index contributed by atoms with van der Waals surface area (Å²) < 4.78 is 2.09. The molecule has 1 aromatic heterocycles. The number of nitrogens with zero attached hydrogens (tertiary/aromatic N) is 3. The molecule has 0 saturated heterocycles. The van der Waals surface area contributed by atoms with Gasteiger partial charge in [0.05, 0.1) is 13.1 Å². The maximum absolute atomic E-state index is 11.9. The molecule has 1 aromatic carbocycles. The van der Waals surface area contributed by atoms with Crippen molar-refractivity contribution in [2.24, 2.45) is 4.99 Å². The Morgan fingerprint density at radius 3 is 2.58 bits per heavy atom. The largest absolute Gasteiger partial charge is 0.350 e. The molecule has 0 unspecified atom stereocenters. The van der Waals surface area contributed by atoms with Gasteiger partial charge in [0.2, 0.25) is 5.91 Å². The van der Waals surface area contributed by atoms with E-state index in [9.17, 15) is 4.79 Å². The smallest absolute Gasteiger partial charge is 0.239 e. The summed E-state index contributed by atoms with van der Waals surface area (Å²) in [6.07, 6.45) is 3.74. The normalized spacial score (nSPS) is 11.9. The first-order valence-electron chi connectivity index (χ1n) is 8.67. The van der Waals surface area contributed by atoms with Crippen molar-refractivity contribution in [2.75, 3.05) is 13.6 Å². The second kappa shape index (κ2) is 9.03. The first-order chi connectivity index (χ1) is 12.4. The molecule has 0 aliphatic carbocycles. The monoisotopic (exact) mass is 356 g/mol. The van der Waals surface area contributed by atoms with Gasteiger partial charge >= 0.3 is 0 Å². The Morgan fingerprint density at radius 2 is 1.92 bits per heavy atom. The van der Waals surface area contributed by atoms with Gasteiger partial charge in [0, 0.05) is 31.5 Å². The van der Waals surface area contributed by atoms with E-state index in [1.807, 2.05) is 45.2 Å². The van der Waals surface area contributed by atoms with Gasteiger partial charge in [-0.25, -0.2) is 4.98 Å². The molecule has 0 bridgehead atoms. The number of aromatic nitrogens is 2. The lowest BCUT2D eigenvalue weighted by atomic mass is 10.1. The molecule has 3 N–H and O–H groups in total. The fourth-order valence-corrected chi connectivity index (χ4v) is 2.44. The number of amides is 1. The van der Waals surface area contributed by atoms with Crippen molar-refractivity contribution in [1.82, 2.24) is 25.5 Å². The number of nitrogens with one attached hydrogen (secondary N) is 3. The van der Waals surface area contributed by atoms with Crippen LogP contribution in [0, 0.1) is 0 Å². The number of hydrogen-bond donors (Lipinski definition) is 3. The lowest BCUT2D eigenvalue weighted by Crippen LogP contribution is -2.48. The quantitative estimate of drug-likeness (QED) is 0.541. The standard InChI is InChI=1S/C19H28N6O/c1-19(2,3)24-17(26)13-23-18(20-4)22-12-16-21-10-11-25(16)14-15-8-6-5-7-9-15/h5-11H,12-14H2,1-4H3,(H,24,26)(H2,20,22,23). The van der Waals surface area contributed by atoms with Gasteiger partial charge in [-0.3, -0.25) is 9.79 Å². The van der Waals surface area contributed by atoms with Crippen LogP contribution in [0.25, 0.3) is 0 Å². The Kier molecular flexibility index (Phi) is 6.77. The third-order valence-corrected chi connectivity index (χ3v) is 3.57. The van der Waals surface area contributed by atoms with Gasteiger partial charge in [-0.1, -0.05) is 30.3 Å². The highest BCUT2D eigenvalue weighted by atomic mass is 16.2. The van der Waals surface area contributed by atoms with Gasteiger partial charge in [0.25, 0.3) is 0 Å².